The molecule has 1 fully saturated rings. The van der Waals surface area contributed by atoms with E-state index in [2.05, 4.69) is 23.1 Å². The second-order valence-corrected chi connectivity index (χ2v) is 4.64. The molecule has 0 bridgehead atoms. The van der Waals surface area contributed by atoms with Gasteiger partial charge in [0.15, 0.2) is 0 Å². The van der Waals surface area contributed by atoms with E-state index in [0.717, 1.165) is 19.6 Å². The van der Waals surface area contributed by atoms with Crippen LogP contribution >= 0.6 is 0 Å². The molecular weight excluding hydrogens is 188 g/mol. The Morgan fingerprint density at radius 1 is 1.60 bits per heavy atom. The lowest BCUT2D eigenvalue weighted by atomic mass is 10.1. The number of aromatic nitrogens is 2. The van der Waals surface area contributed by atoms with Crippen LogP contribution in [0.1, 0.15) is 18.9 Å². The van der Waals surface area contributed by atoms with Crippen LogP contribution in [0.15, 0.2) is 12.4 Å². The number of hydrogen-bond acceptors (Lipinski definition) is 3. The molecule has 0 radical (unpaired) electrons. The molecule has 15 heavy (non-hydrogen) atoms. The summed E-state index contributed by atoms with van der Waals surface area (Å²) < 4.78 is 1.86. The van der Waals surface area contributed by atoms with E-state index >= 15 is 0 Å². The van der Waals surface area contributed by atoms with Gasteiger partial charge < -0.3 is 5.73 Å². The van der Waals surface area contributed by atoms with Gasteiger partial charge in [-0.1, -0.05) is 0 Å². The molecule has 2 heterocycles. The van der Waals surface area contributed by atoms with Gasteiger partial charge in [0.1, 0.15) is 0 Å². The van der Waals surface area contributed by atoms with Crippen LogP contribution in [0, 0.1) is 5.92 Å². The van der Waals surface area contributed by atoms with Crippen molar-refractivity contribution in [2.45, 2.75) is 25.9 Å². The van der Waals surface area contributed by atoms with Crippen molar-refractivity contribution < 1.29 is 0 Å². The van der Waals surface area contributed by atoms with Crippen LogP contribution in [0.25, 0.3) is 0 Å². The van der Waals surface area contributed by atoms with Gasteiger partial charge in [-0.3, -0.25) is 9.58 Å². The summed E-state index contributed by atoms with van der Waals surface area (Å²) >= 11 is 0. The topological polar surface area (TPSA) is 47.1 Å². The second-order valence-electron chi connectivity index (χ2n) is 4.64. The Hall–Kier alpha value is -0.870. The van der Waals surface area contributed by atoms with Gasteiger partial charge in [0, 0.05) is 37.9 Å². The number of nitrogens with two attached hydrogens (primary N) is 1. The Balaban J connectivity index is 1.95. The normalized spacial score (nSPS) is 27.4. The van der Waals surface area contributed by atoms with Crippen molar-refractivity contribution in [2.75, 3.05) is 13.1 Å². The quantitative estimate of drug-likeness (QED) is 0.791. The molecule has 1 aliphatic rings. The zero-order valence-corrected chi connectivity index (χ0v) is 9.56. The van der Waals surface area contributed by atoms with E-state index in [0.29, 0.717) is 12.0 Å². The monoisotopic (exact) mass is 208 g/mol. The van der Waals surface area contributed by atoms with Crippen LogP contribution in [0.5, 0.6) is 0 Å². The number of rotatable bonds is 3. The smallest absolute Gasteiger partial charge is 0.0534 e. The van der Waals surface area contributed by atoms with Crippen molar-refractivity contribution in [3.8, 4) is 0 Å². The van der Waals surface area contributed by atoms with E-state index < -0.39 is 0 Å². The molecule has 1 aliphatic heterocycles. The van der Waals surface area contributed by atoms with Crippen molar-refractivity contribution >= 4 is 0 Å². The van der Waals surface area contributed by atoms with Crippen LogP contribution in [0.3, 0.4) is 0 Å². The first-order valence-electron chi connectivity index (χ1n) is 5.60. The second kappa shape index (κ2) is 4.33. The van der Waals surface area contributed by atoms with E-state index in [1.54, 1.807) is 0 Å². The van der Waals surface area contributed by atoms with E-state index in [1.807, 2.05) is 17.9 Å². The molecule has 2 unspecified atom stereocenters. The number of hydrogen-bond donors (Lipinski definition) is 1. The Morgan fingerprint density at radius 2 is 2.40 bits per heavy atom. The zero-order chi connectivity index (χ0) is 10.8. The van der Waals surface area contributed by atoms with Gasteiger partial charge in [-0.25, -0.2) is 0 Å². The number of likely N-dealkylation sites (tertiary alicyclic amines) is 1. The molecule has 2 atom stereocenters. The number of nitrogens with zero attached hydrogens (tertiary/aromatic N) is 3. The maximum atomic E-state index is 5.71. The van der Waals surface area contributed by atoms with Gasteiger partial charge in [-0.15, -0.1) is 0 Å². The van der Waals surface area contributed by atoms with E-state index in [1.165, 1.54) is 12.0 Å². The average Bonchev–Trinajstić information content (AvgIpc) is 2.75. The summed E-state index contributed by atoms with van der Waals surface area (Å²) in [6, 6.07) is 0.652. The Labute approximate surface area is 91.1 Å². The lowest BCUT2D eigenvalue weighted by molar-refractivity contribution is 0.256. The highest BCUT2D eigenvalue weighted by atomic mass is 15.2. The van der Waals surface area contributed by atoms with Gasteiger partial charge in [-0.05, 0) is 25.8 Å². The summed E-state index contributed by atoms with van der Waals surface area (Å²) in [5.74, 6) is 0.677. The van der Waals surface area contributed by atoms with Crippen molar-refractivity contribution in [1.29, 1.82) is 0 Å². The molecular formula is C11H20N4. The molecule has 84 valence electrons. The van der Waals surface area contributed by atoms with Gasteiger partial charge in [-0.2, -0.15) is 5.10 Å². The molecule has 2 rings (SSSR count). The van der Waals surface area contributed by atoms with Gasteiger partial charge in [0.2, 0.25) is 0 Å². The van der Waals surface area contributed by atoms with E-state index in [4.69, 9.17) is 5.73 Å². The van der Waals surface area contributed by atoms with Gasteiger partial charge in [0.05, 0.1) is 6.20 Å². The van der Waals surface area contributed by atoms with E-state index in [9.17, 15) is 0 Å². The third-order valence-corrected chi connectivity index (χ3v) is 3.27. The minimum absolute atomic E-state index is 0.652. The molecule has 4 heteroatoms. The standard InChI is InChI=1S/C11H20N4/c1-9-3-10(4-12)7-15(9)8-11-5-13-14(2)6-11/h5-6,9-10H,3-4,7-8,12H2,1-2H3. The first-order chi connectivity index (χ1) is 7.19. The first-order valence-corrected chi connectivity index (χ1v) is 5.60. The molecule has 0 spiro atoms. The first kappa shape index (κ1) is 10.6. The molecule has 4 nitrogen and oxygen atoms in total. The summed E-state index contributed by atoms with van der Waals surface area (Å²) in [4.78, 5) is 2.49. The Kier molecular flexibility index (Phi) is 3.07. The molecule has 0 aromatic carbocycles. The maximum absolute atomic E-state index is 5.71. The predicted molar refractivity (Wildman–Crippen MR) is 60.2 cm³/mol. The molecule has 0 saturated carbocycles. The highest BCUT2D eigenvalue weighted by Crippen LogP contribution is 2.23. The zero-order valence-electron chi connectivity index (χ0n) is 9.56. The summed E-state index contributed by atoms with van der Waals surface area (Å²) in [6.45, 7) is 5.23. The minimum atomic E-state index is 0.652. The fraction of sp³-hybridized carbons (Fsp3) is 0.727. The third-order valence-electron chi connectivity index (χ3n) is 3.27. The lowest BCUT2D eigenvalue weighted by Gasteiger charge is -2.19. The SMILES string of the molecule is CC1CC(CN)CN1Cc1cnn(C)c1. The van der Waals surface area contributed by atoms with E-state index in [-0.39, 0.29) is 0 Å². The summed E-state index contributed by atoms with van der Waals surface area (Å²) in [5.41, 5.74) is 7.01. The van der Waals surface area contributed by atoms with Crippen LogP contribution < -0.4 is 5.73 Å². The highest BCUT2D eigenvalue weighted by Gasteiger charge is 2.27. The van der Waals surface area contributed by atoms with Crippen molar-refractivity contribution in [3.63, 3.8) is 0 Å². The van der Waals surface area contributed by atoms with Crippen molar-refractivity contribution in [1.82, 2.24) is 14.7 Å². The summed E-state index contributed by atoms with van der Waals surface area (Å²) in [5, 5.41) is 4.19. The predicted octanol–water partition coefficient (Wildman–Crippen LogP) is 0.589. The Bertz CT molecular complexity index is 320. The summed E-state index contributed by atoms with van der Waals surface area (Å²) in [7, 11) is 1.96. The molecule has 0 amide bonds. The minimum Gasteiger partial charge on any atom is -0.330 e. The third kappa shape index (κ3) is 2.38. The molecule has 1 aromatic rings. The van der Waals surface area contributed by atoms with Gasteiger partial charge in [0.25, 0.3) is 0 Å². The molecule has 0 aliphatic carbocycles. The summed E-state index contributed by atoms with van der Waals surface area (Å²) in [6.07, 6.45) is 5.27. The maximum Gasteiger partial charge on any atom is 0.0534 e. The number of aryl methyl sites for hydroxylation is 1. The highest BCUT2D eigenvalue weighted by molar-refractivity contribution is 5.04. The van der Waals surface area contributed by atoms with Crippen LogP contribution in [-0.4, -0.2) is 33.8 Å². The Morgan fingerprint density at radius 3 is 2.93 bits per heavy atom. The van der Waals surface area contributed by atoms with Crippen molar-refractivity contribution in [3.05, 3.63) is 18.0 Å². The molecule has 1 saturated heterocycles. The molecule has 1 aromatic heterocycles. The molecule has 2 N–H and O–H groups in total. The fourth-order valence-electron chi connectivity index (χ4n) is 2.40. The van der Waals surface area contributed by atoms with Crippen LogP contribution in [-0.2, 0) is 13.6 Å². The fourth-order valence-corrected chi connectivity index (χ4v) is 2.40. The van der Waals surface area contributed by atoms with Crippen LogP contribution in [0.2, 0.25) is 0 Å². The largest absolute Gasteiger partial charge is 0.330 e. The average molecular weight is 208 g/mol. The van der Waals surface area contributed by atoms with Crippen LogP contribution in [0.4, 0.5) is 0 Å². The van der Waals surface area contributed by atoms with Gasteiger partial charge >= 0.3 is 0 Å². The lowest BCUT2D eigenvalue weighted by Crippen LogP contribution is -2.27. The van der Waals surface area contributed by atoms with Crippen molar-refractivity contribution in [2.24, 2.45) is 18.7 Å².